The quantitative estimate of drug-likeness (QED) is 0.222. The van der Waals surface area contributed by atoms with Crippen LogP contribution >= 0.6 is 19.3 Å². The number of carbonyl (C=O) groups excluding carboxylic acids is 1. The second-order valence-electron chi connectivity index (χ2n) is 8.81. The summed E-state index contributed by atoms with van der Waals surface area (Å²) in [4.78, 5) is 37.8. The molecule has 8 unspecified atom stereocenters. The summed E-state index contributed by atoms with van der Waals surface area (Å²) in [7, 11) is -4.49. The zero-order valence-electron chi connectivity index (χ0n) is 20.0. The van der Waals surface area contributed by atoms with Crippen molar-refractivity contribution in [2.45, 2.75) is 68.5 Å². The maximum absolute atomic E-state index is 15.7. The van der Waals surface area contributed by atoms with Crippen LogP contribution < -0.4 is 20.9 Å². The highest BCUT2D eigenvalue weighted by Crippen LogP contribution is 2.67. The number of ether oxygens (including phenoxy) is 2. The molecule has 4 rings (SSSR count). The number of nitrogens with one attached hydrogen (secondary N) is 2. The maximum atomic E-state index is 15.7. The molecule has 1 saturated heterocycles. The van der Waals surface area contributed by atoms with Crippen molar-refractivity contribution < 1.29 is 37.4 Å². The minimum absolute atomic E-state index is 0.0922. The van der Waals surface area contributed by atoms with E-state index in [0.29, 0.717) is 11.0 Å². The lowest BCUT2D eigenvalue weighted by Gasteiger charge is -2.30. The molecule has 15 heteroatoms. The van der Waals surface area contributed by atoms with Crippen LogP contribution in [-0.4, -0.2) is 55.7 Å². The summed E-state index contributed by atoms with van der Waals surface area (Å²) in [6.07, 6.45) is -3.79. The van der Waals surface area contributed by atoms with Crippen molar-refractivity contribution in [1.29, 1.82) is 0 Å². The lowest BCUT2D eigenvalue weighted by Crippen LogP contribution is -2.47. The molecule has 1 saturated carbocycles. The van der Waals surface area contributed by atoms with Gasteiger partial charge in [-0.05, 0) is 32.4 Å². The van der Waals surface area contributed by atoms with Crippen molar-refractivity contribution in [2.75, 3.05) is 0 Å². The number of aromatic nitrogens is 2. The van der Waals surface area contributed by atoms with Gasteiger partial charge in [0.25, 0.3) is 10.7 Å². The van der Waals surface area contributed by atoms with Crippen LogP contribution in [-0.2, 0) is 23.4 Å². The van der Waals surface area contributed by atoms with Crippen LogP contribution in [0.2, 0.25) is 0 Å². The zero-order valence-corrected chi connectivity index (χ0v) is 21.6. The topological polar surface area (TPSA) is 158 Å². The largest absolute Gasteiger partial charge is 0.462 e. The fourth-order valence-corrected chi connectivity index (χ4v) is 5.88. The molecule has 2 fully saturated rings. The number of rotatable bonds is 10. The first-order valence-corrected chi connectivity index (χ1v) is 13.3. The fraction of sp³-hybridized carbons (Fsp3) is 0.500. The highest BCUT2D eigenvalue weighted by molar-refractivity contribution is 7.52. The third kappa shape index (κ3) is 5.12. The molecule has 1 aliphatic carbocycles. The van der Waals surface area contributed by atoms with Crippen molar-refractivity contribution in [3.63, 3.8) is 0 Å². The summed E-state index contributed by atoms with van der Waals surface area (Å²) in [5.74, 6) is -0.648. The molecule has 1 aromatic heterocycles. The lowest BCUT2D eigenvalue weighted by molar-refractivity contribution is -0.150. The van der Waals surface area contributed by atoms with E-state index in [4.69, 9.17) is 30.1 Å². The highest BCUT2D eigenvalue weighted by Gasteiger charge is 2.87. The second-order valence-corrected chi connectivity index (χ2v) is 11.0. The number of aliphatic hydroxyl groups is 1. The number of esters is 1. The molecule has 0 amide bonds. The van der Waals surface area contributed by atoms with Crippen molar-refractivity contribution in [2.24, 2.45) is 0 Å². The van der Waals surface area contributed by atoms with E-state index in [-0.39, 0.29) is 5.75 Å². The van der Waals surface area contributed by atoms with Gasteiger partial charge in [0.2, 0.25) is 0 Å². The second kappa shape index (κ2) is 9.97. The summed E-state index contributed by atoms with van der Waals surface area (Å²) in [6.45, 7) is 4.87. The van der Waals surface area contributed by atoms with E-state index in [2.05, 4.69) is 5.09 Å². The number of carbonyl (C=O) groups is 1. The van der Waals surface area contributed by atoms with Gasteiger partial charge < -0.3 is 19.1 Å². The Kier molecular flexibility index (Phi) is 7.41. The Labute approximate surface area is 215 Å². The van der Waals surface area contributed by atoms with Gasteiger partial charge in [-0.2, -0.15) is 5.09 Å². The van der Waals surface area contributed by atoms with Crippen LogP contribution in [0.15, 0.2) is 52.2 Å². The number of para-hydroxylation sites is 1. The first kappa shape index (κ1) is 27.5. The number of nitrogens with zero attached hydrogens (tertiary/aromatic N) is 1. The minimum atomic E-state index is -4.49. The third-order valence-electron chi connectivity index (χ3n) is 6.08. The molecule has 8 atom stereocenters. The van der Waals surface area contributed by atoms with Crippen molar-refractivity contribution >= 4 is 25.3 Å². The third-order valence-corrected chi connectivity index (χ3v) is 8.22. The molecule has 0 radical (unpaired) electrons. The van der Waals surface area contributed by atoms with Gasteiger partial charge in [0.15, 0.2) is 11.8 Å². The van der Waals surface area contributed by atoms with Crippen LogP contribution in [0.4, 0.5) is 4.39 Å². The van der Waals surface area contributed by atoms with Gasteiger partial charge in [-0.25, -0.2) is 13.8 Å². The Morgan fingerprint density at radius 3 is 2.57 bits per heavy atom. The number of aromatic amines is 1. The number of fused-ring (bicyclic) bond motifs is 1. The van der Waals surface area contributed by atoms with E-state index in [0.717, 1.165) is 12.3 Å². The lowest BCUT2D eigenvalue weighted by atomic mass is 10.1. The van der Waals surface area contributed by atoms with Crippen LogP contribution in [0.3, 0.4) is 0 Å². The number of benzene rings is 1. The van der Waals surface area contributed by atoms with E-state index in [1.165, 1.54) is 19.1 Å². The number of hydrogen-bond acceptors (Lipinski definition) is 9. The van der Waals surface area contributed by atoms with E-state index in [9.17, 15) is 24.1 Å². The molecule has 2 aromatic rings. The summed E-state index contributed by atoms with van der Waals surface area (Å²) in [5.41, 5.74) is -4.29. The predicted octanol–water partition coefficient (Wildman–Crippen LogP) is 1.98. The fourth-order valence-electron chi connectivity index (χ4n) is 3.80. The van der Waals surface area contributed by atoms with Gasteiger partial charge in [-0.1, -0.05) is 36.7 Å². The van der Waals surface area contributed by atoms with Crippen molar-refractivity contribution in [1.82, 2.24) is 14.6 Å². The average molecular weight is 562 g/mol. The van der Waals surface area contributed by atoms with Crippen molar-refractivity contribution in [3.8, 4) is 5.75 Å². The highest BCUT2D eigenvalue weighted by atomic mass is 35.5. The van der Waals surface area contributed by atoms with Crippen LogP contribution in [0.5, 0.6) is 5.75 Å². The molecule has 1 aliphatic heterocycles. The number of H-pyrrole nitrogens is 1. The monoisotopic (exact) mass is 561 g/mol. The van der Waals surface area contributed by atoms with E-state index >= 15 is 4.39 Å². The van der Waals surface area contributed by atoms with Gasteiger partial charge in [0.05, 0.1) is 6.10 Å². The zero-order chi connectivity index (χ0) is 27.2. The molecule has 12 nitrogen and oxygen atoms in total. The van der Waals surface area contributed by atoms with Crippen LogP contribution in [0, 0.1) is 0 Å². The number of alkyl halides is 2. The van der Waals surface area contributed by atoms with Gasteiger partial charge >= 0.3 is 19.4 Å². The van der Waals surface area contributed by atoms with E-state index in [1.54, 1.807) is 25.1 Å². The maximum Gasteiger partial charge on any atom is 0.459 e. The molecule has 0 bridgehead atoms. The molecule has 2 heterocycles. The standard InChI is InChI=1S/C22H26ClFN3O9P/c1-4-12(2)33-18(29)13(3)26-37(32,35-14-8-6-5-7-9-14)36-17-16-21(17,31)22(23,24)19(34-16)27-11-10-15(28)25-20(27)30/h5-13,16-17,19,31H,4H2,1-3H3,(H,26,32)(H,25,28,30). The van der Waals surface area contributed by atoms with E-state index < -0.39 is 66.3 Å². The molecule has 3 N–H and O–H groups in total. The van der Waals surface area contributed by atoms with Gasteiger partial charge in [-0.15, -0.1) is 0 Å². The van der Waals surface area contributed by atoms with Crippen LogP contribution in [0.25, 0.3) is 0 Å². The summed E-state index contributed by atoms with van der Waals surface area (Å²) < 4.78 is 51.8. The van der Waals surface area contributed by atoms with E-state index in [1.807, 2.05) is 11.9 Å². The molecule has 202 valence electrons. The first-order chi connectivity index (χ1) is 17.3. The minimum Gasteiger partial charge on any atom is -0.462 e. The Hall–Kier alpha value is -2.54. The summed E-state index contributed by atoms with van der Waals surface area (Å²) >= 11 is 6.03. The Morgan fingerprint density at radius 2 is 2.00 bits per heavy atom. The SMILES string of the molecule is CCC(C)OC(=O)C(C)NP(=O)(Oc1ccccc1)OC1C2OC(n3ccc(=O)[nH]c3=O)C(F)(Cl)C21O. The molecular weight excluding hydrogens is 536 g/mol. The first-order valence-electron chi connectivity index (χ1n) is 11.4. The number of halogens is 2. The molecule has 0 spiro atoms. The Balaban J connectivity index is 1.56. The predicted molar refractivity (Wildman–Crippen MR) is 128 cm³/mol. The molecule has 2 aliphatic rings. The Morgan fingerprint density at radius 1 is 1.32 bits per heavy atom. The average Bonchev–Trinajstić information content (AvgIpc) is 3.32. The van der Waals surface area contributed by atoms with Crippen LogP contribution in [0.1, 0.15) is 33.4 Å². The normalized spacial score (nSPS) is 31.6. The number of hydrogen-bond donors (Lipinski definition) is 3. The smallest absolute Gasteiger partial charge is 0.459 e. The molecule has 1 aromatic carbocycles. The Bertz CT molecular complexity index is 1320. The summed E-state index contributed by atoms with van der Waals surface area (Å²) in [6, 6.07) is 7.59. The molecule has 37 heavy (non-hydrogen) atoms. The van der Waals surface area contributed by atoms with Gasteiger partial charge in [0.1, 0.15) is 24.0 Å². The van der Waals surface area contributed by atoms with Crippen molar-refractivity contribution in [3.05, 3.63) is 63.4 Å². The summed E-state index contributed by atoms with van der Waals surface area (Å²) in [5, 5.41) is 10.3. The van der Waals surface area contributed by atoms with Gasteiger partial charge in [0, 0.05) is 12.3 Å². The molecular formula is C22H26ClFN3O9P. The van der Waals surface area contributed by atoms with Gasteiger partial charge in [-0.3, -0.25) is 23.7 Å².